The highest BCUT2D eigenvalue weighted by molar-refractivity contribution is 6.66. The van der Waals surface area contributed by atoms with E-state index < -0.39 is 3.79 Å². The van der Waals surface area contributed by atoms with Crippen molar-refractivity contribution in [2.75, 3.05) is 0 Å². The average molecular weight is 278 g/mol. The fourth-order valence-corrected chi connectivity index (χ4v) is 1.92. The van der Waals surface area contributed by atoms with Gasteiger partial charge in [-0.3, -0.25) is 0 Å². The molecule has 2 rings (SSSR count). The molecule has 0 saturated heterocycles. The topological polar surface area (TPSA) is 28.7 Å². The number of rotatable bonds is 1. The molecule has 2 nitrogen and oxygen atoms in total. The second kappa shape index (κ2) is 4.10. The number of aromatic nitrogens is 2. The fraction of sp³-hybridized carbons (Fsp3) is 0.364. The molecule has 5 heteroatoms. The Labute approximate surface area is 109 Å². The molecule has 0 fully saturated rings. The number of hydrogen-bond acceptors (Lipinski definition) is 1. The zero-order valence-corrected chi connectivity index (χ0v) is 11.2. The van der Waals surface area contributed by atoms with Crippen LogP contribution in [-0.4, -0.2) is 9.97 Å². The standard InChI is InChI=1S/C11H11Cl3N2/c1-6(2)7-4-3-5-8-9(7)16-10(15-8)11(12,13)14/h3-6H,1-2H3,(H,15,16). The number of aromatic amines is 1. The number of para-hydroxylation sites is 1. The van der Waals surface area contributed by atoms with Gasteiger partial charge in [0, 0.05) is 0 Å². The van der Waals surface area contributed by atoms with Gasteiger partial charge < -0.3 is 4.98 Å². The van der Waals surface area contributed by atoms with Crippen molar-refractivity contribution in [1.82, 2.24) is 9.97 Å². The van der Waals surface area contributed by atoms with E-state index >= 15 is 0 Å². The van der Waals surface area contributed by atoms with E-state index in [2.05, 4.69) is 23.8 Å². The molecule has 0 bridgehead atoms. The Kier molecular flexibility index (Phi) is 3.08. The van der Waals surface area contributed by atoms with Crippen LogP contribution in [0.1, 0.15) is 31.2 Å². The maximum atomic E-state index is 5.80. The van der Waals surface area contributed by atoms with Crippen molar-refractivity contribution < 1.29 is 0 Å². The van der Waals surface area contributed by atoms with Crippen LogP contribution in [0.4, 0.5) is 0 Å². The minimum absolute atomic E-state index is 0.362. The maximum absolute atomic E-state index is 5.80. The lowest BCUT2D eigenvalue weighted by molar-refractivity contribution is 0.872. The quantitative estimate of drug-likeness (QED) is 0.763. The molecule has 2 aromatic rings. The SMILES string of the molecule is CC(C)c1cccc2[nH]c(C(Cl)(Cl)Cl)nc12. The van der Waals surface area contributed by atoms with Gasteiger partial charge in [0.25, 0.3) is 0 Å². The molecule has 1 aromatic carbocycles. The number of nitrogens with zero attached hydrogens (tertiary/aromatic N) is 1. The van der Waals surface area contributed by atoms with Gasteiger partial charge in [0.05, 0.1) is 11.0 Å². The second-order valence-electron chi connectivity index (χ2n) is 3.98. The van der Waals surface area contributed by atoms with Crippen molar-refractivity contribution >= 4 is 45.8 Å². The van der Waals surface area contributed by atoms with Crippen molar-refractivity contribution in [2.24, 2.45) is 0 Å². The summed E-state index contributed by atoms with van der Waals surface area (Å²) in [4.78, 5) is 7.38. The second-order valence-corrected chi connectivity index (χ2v) is 6.26. The van der Waals surface area contributed by atoms with E-state index in [1.807, 2.05) is 18.2 Å². The lowest BCUT2D eigenvalue weighted by Crippen LogP contribution is -2.02. The molecule has 1 aromatic heterocycles. The zero-order valence-electron chi connectivity index (χ0n) is 8.89. The molecule has 0 aliphatic carbocycles. The zero-order chi connectivity index (χ0) is 11.9. The lowest BCUT2D eigenvalue weighted by Gasteiger charge is -2.05. The molecular weight excluding hydrogens is 266 g/mol. The van der Waals surface area contributed by atoms with Crippen LogP contribution in [0.2, 0.25) is 0 Å². The van der Waals surface area contributed by atoms with Crippen molar-refractivity contribution in [3.63, 3.8) is 0 Å². The van der Waals surface area contributed by atoms with E-state index in [0.717, 1.165) is 16.6 Å². The number of imidazole rings is 1. The minimum Gasteiger partial charge on any atom is -0.338 e. The summed E-state index contributed by atoms with van der Waals surface area (Å²) >= 11 is 17.4. The fourth-order valence-electron chi connectivity index (χ4n) is 1.65. The number of fused-ring (bicyclic) bond motifs is 1. The molecule has 0 amide bonds. The predicted molar refractivity (Wildman–Crippen MR) is 69.4 cm³/mol. The first kappa shape index (κ1) is 12.0. The Hall–Kier alpha value is -0.440. The van der Waals surface area contributed by atoms with E-state index in [0.29, 0.717) is 11.7 Å². The molecule has 0 saturated carbocycles. The molecule has 1 N–H and O–H groups in total. The largest absolute Gasteiger partial charge is 0.338 e. The van der Waals surface area contributed by atoms with Crippen LogP contribution in [0.3, 0.4) is 0 Å². The number of halogens is 3. The Morgan fingerprint density at radius 1 is 1.25 bits per heavy atom. The van der Waals surface area contributed by atoms with E-state index in [-0.39, 0.29) is 0 Å². The summed E-state index contributed by atoms with van der Waals surface area (Å²) in [5.74, 6) is 0.746. The lowest BCUT2D eigenvalue weighted by atomic mass is 10.0. The third-order valence-electron chi connectivity index (χ3n) is 2.43. The number of H-pyrrole nitrogens is 1. The van der Waals surface area contributed by atoms with Crippen LogP contribution < -0.4 is 0 Å². The summed E-state index contributed by atoms with van der Waals surface area (Å²) in [6, 6.07) is 5.93. The van der Waals surface area contributed by atoms with E-state index in [1.165, 1.54) is 0 Å². The van der Waals surface area contributed by atoms with E-state index in [1.54, 1.807) is 0 Å². The third kappa shape index (κ3) is 2.15. The van der Waals surface area contributed by atoms with Gasteiger partial charge in [-0.2, -0.15) is 0 Å². The van der Waals surface area contributed by atoms with Gasteiger partial charge in [0.15, 0.2) is 5.82 Å². The highest BCUT2D eigenvalue weighted by Crippen LogP contribution is 2.37. The Balaban J connectivity index is 2.66. The number of alkyl halides is 3. The molecule has 0 spiro atoms. The maximum Gasteiger partial charge on any atom is 0.248 e. The monoisotopic (exact) mass is 276 g/mol. The summed E-state index contributed by atoms with van der Waals surface area (Å²) in [7, 11) is 0. The molecule has 0 radical (unpaired) electrons. The van der Waals surface area contributed by atoms with Gasteiger partial charge in [-0.1, -0.05) is 60.8 Å². The first-order chi connectivity index (χ1) is 7.39. The van der Waals surface area contributed by atoms with Gasteiger partial charge in [-0.15, -0.1) is 0 Å². The highest BCUT2D eigenvalue weighted by Gasteiger charge is 2.27. The normalized spacial score (nSPS) is 12.6. The average Bonchev–Trinajstić information content (AvgIpc) is 2.59. The van der Waals surface area contributed by atoms with Crippen LogP contribution in [0.25, 0.3) is 11.0 Å². The van der Waals surface area contributed by atoms with Crippen molar-refractivity contribution in [3.05, 3.63) is 29.6 Å². The molecule has 0 aliphatic heterocycles. The predicted octanol–water partition coefficient (Wildman–Crippen LogP) is 4.51. The minimum atomic E-state index is -1.51. The summed E-state index contributed by atoms with van der Waals surface area (Å²) in [6.45, 7) is 4.22. The van der Waals surface area contributed by atoms with E-state index in [9.17, 15) is 0 Å². The summed E-state index contributed by atoms with van der Waals surface area (Å²) < 4.78 is -1.51. The smallest absolute Gasteiger partial charge is 0.248 e. The van der Waals surface area contributed by atoms with Crippen LogP contribution in [0, 0.1) is 0 Å². The summed E-state index contributed by atoms with van der Waals surface area (Å²) in [6.07, 6.45) is 0. The van der Waals surface area contributed by atoms with Gasteiger partial charge in [-0.25, -0.2) is 4.98 Å². The third-order valence-corrected chi connectivity index (χ3v) is 2.97. The molecule has 0 atom stereocenters. The van der Waals surface area contributed by atoms with Crippen LogP contribution >= 0.6 is 34.8 Å². The summed E-state index contributed by atoms with van der Waals surface area (Å²) in [5.41, 5.74) is 2.92. The van der Waals surface area contributed by atoms with E-state index in [4.69, 9.17) is 34.8 Å². The number of nitrogens with one attached hydrogen (secondary N) is 1. The van der Waals surface area contributed by atoms with Crippen molar-refractivity contribution in [2.45, 2.75) is 23.6 Å². The van der Waals surface area contributed by atoms with Crippen molar-refractivity contribution in [3.8, 4) is 0 Å². The number of benzene rings is 1. The summed E-state index contributed by atoms with van der Waals surface area (Å²) in [5, 5.41) is 0. The molecule has 0 aliphatic rings. The molecule has 0 unspecified atom stereocenters. The first-order valence-corrected chi connectivity index (χ1v) is 6.09. The van der Waals surface area contributed by atoms with Crippen LogP contribution in [0.15, 0.2) is 18.2 Å². The Bertz CT molecular complexity index is 511. The first-order valence-electron chi connectivity index (χ1n) is 4.95. The molecule has 86 valence electrons. The number of hydrogen-bond donors (Lipinski definition) is 1. The van der Waals surface area contributed by atoms with Crippen molar-refractivity contribution in [1.29, 1.82) is 0 Å². The molecular formula is C11H11Cl3N2. The van der Waals surface area contributed by atoms with Gasteiger partial charge in [0.1, 0.15) is 0 Å². The van der Waals surface area contributed by atoms with Crippen LogP contribution in [0.5, 0.6) is 0 Å². The van der Waals surface area contributed by atoms with Gasteiger partial charge >= 0.3 is 0 Å². The molecule has 1 heterocycles. The highest BCUT2D eigenvalue weighted by atomic mass is 35.6. The Morgan fingerprint density at radius 2 is 1.94 bits per heavy atom. The van der Waals surface area contributed by atoms with Gasteiger partial charge in [0.2, 0.25) is 3.79 Å². The van der Waals surface area contributed by atoms with Crippen LogP contribution in [-0.2, 0) is 3.79 Å². The van der Waals surface area contributed by atoms with Gasteiger partial charge in [-0.05, 0) is 17.5 Å². The Morgan fingerprint density at radius 3 is 2.50 bits per heavy atom. The molecule has 16 heavy (non-hydrogen) atoms.